The third kappa shape index (κ3) is 6.13. The lowest BCUT2D eigenvalue weighted by molar-refractivity contribution is 0.0506. The molecule has 0 aliphatic carbocycles. The highest BCUT2D eigenvalue weighted by Gasteiger charge is 2.39. The molecule has 0 saturated carbocycles. The topological polar surface area (TPSA) is 101 Å². The maximum absolute atomic E-state index is 14.5. The van der Waals surface area contributed by atoms with Gasteiger partial charge in [-0.25, -0.2) is 19.2 Å². The SMILES string of the molecule is CCOCC(C)(C)n1cc(-c2ccc(Cl)c(F)c2)c2ccc(C(=O)N3CCN(c4cc(C)c(C(=O)O)c(C)n4)CC3(C)C)nc21. The smallest absolute Gasteiger partial charge is 0.337 e. The quantitative estimate of drug-likeness (QED) is 0.229. The highest BCUT2D eigenvalue weighted by Crippen LogP contribution is 2.36. The summed E-state index contributed by atoms with van der Waals surface area (Å²) < 4.78 is 22.3. The van der Waals surface area contributed by atoms with E-state index >= 15 is 0 Å². The summed E-state index contributed by atoms with van der Waals surface area (Å²) >= 11 is 5.97. The van der Waals surface area contributed by atoms with Crippen LogP contribution in [0, 0.1) is 19.7 Å². The number of aromatic nitrogens is 3. The Hall–Kier alpha value is -4.02. The predicted octanol–water partition coefficient (Wildman–Crippen LogP) is 6.72. The standard InChI is InChI=1S/C34H39ClFN5O4/c1-8-45-19-34(6,7)41-17-24(22-9-11-25(35)26(36)16-22)23-10-12-27(38-30(23)41)31(42)40-14-13-39(18-33(40,4)5)28-15-20(2)29(32(43)44)21(3)37-28/h9-12,15-17H,8,13-14,18-19H2,1-7H3,(H,43,44). The van der Waals surface area contributed by atoms with Crippen LogP contribution in [0.2, 0.25) is 5.02 Å². The Kier molecular flexibility index (Phi) is 8.67. The normalized spacial score (nSPS) is 15.1. The maximum Gasteiger partial charge on any atom is 0.337 e. The van der Waals surface area contributed by atoms with Crippen LogP contribution in [-0.4, -0.2) is 74.8 Å². The summed E-state index contributed by atoms with van der Waals surface area (Å²) in [6.45, 7) is 15.9. The number of nitrogens with zero attached hydrogens (tertiary/aromatic N) is 5. The first-order valence-corrected chi connectivity index (χ1v) is 15.4. The van der Waals surface area contributed by atoms with Crippen LogP contribution in [0.5, 0.6) is 0 Å². The van der Waals surface area contributed by atoms with Crippen LogP contribution in [0.25, 0.3) is 22.2 Å². The Morgan fingerprint density at radius 2 is 1.84 bits per heavy atom. The molecule has 1 amide bonds. The van der Waals surface area contributed by atoms with Gasteiger partial charge in [0.15, 0.2) is 0 Å². The molecule has 1 aromatic carbocycles. The molecule has 11 heteroatoms. The zero-order chi connectivity index (χ0) is 32.8. The van der Waals surface area contributed by atoms with Crippen LogP contribution in [0.3, 0.4) is 0 Å². The fourth-order valence-electron chi connectivity index (χ4n) is 6.16. The van der Waals surface area contributed by atoms with Gasteiger partial charge in [-0.05, 0) is 89.9 Å². The number of aryl methyl sites for hydroxylation is 2. The molecule has 9 nitrogen and oxygen atoms in total. The number of rotatable bonds is 8. The number of carboxylic acids is 1. The minimum absolute atomic E-state index is 0.0474. The van der Waals surface area contributed by atoms with E-state index < -0.39 is 22.9 Å². The Bertz CT molecular complexity index is 1780. The van der Waals surface area contributed by atoms with E-state index in [4.69, 9.17) is 21.3 Å². The van der Waals surface area contributed by atoms with E-state index in [1.54, 1.807) is 32.0 Å². The molecule has 45 heavy (non-hydrogen) atoms. The van der Waals surface area contributed by atoms with Crippen molar-refractivity contribution in [2.75, 3.05) is 37.7 Å². The number of benzene rings is 1. The largest absolute Gasteiger partial charge is 0.478 e. The van der Waals surface area contributed by atoms with Gasteiger partial charge in [-0.3, -0.25) is 4.79 Å². The molecular weight excluding hydrogens is 597 g/mol. The first kappa shape index (κ1) is 32.4. The Morgan fingerprint density at radius 1 is 1.11 bits per heavy atom. The Balaban J connectivity index is 1.50. The molecule has 5 rings (SSSR count). The molecule has 3 aromatic heterocycles. The number of hydrogen-bond donors (Lipinski definition) is 1. The lowest BCUT2D eigenvalue weighted by Gasteiger charge is -2.47. The van der Waals surface area contributed by atoms with E-state index in [2.05, 4.69) is 9.88 Å². The fourth-order valence-corrected chi connectivity index (χ4v) is 6.28. The van der Waals surface area contributed by atoms with E-state index in [0.717, 1.165) is 10.9 Å². The molecule has 4 heterocycles. The number of anilines is 1. The zero-order valence-electron chi connectivity index (χ0n) is 26.7. The van der Waals surface area contributed by atoms with Gasteiger partial charge in [-0.2, -0.15) is 0 Å². The third-order valence-electron chi connectivity index (χ3n) is 8.48. The van der Waals surface area contributed by atoms with Crippen molar-refractivity contribution < 1.29 is 23.8 Å². The second kappa shape index (κ2) is 12.1. The molecule has 0 bridgehead atoms. The molecular formula is C34H39ClFN5O4. The Morgan fingerprint density at radius 3 is 2.47 bits per heavy atom. The van der Waals surface area contributed by atoms with Crippen molar-refractivity contribution in [1.82, 2.24) is 19.4 Å². The number of pyridine rings is 2. The first-order chi connectivity index (χ1) is 21.1. The highest BCUT2D eigenvalue weighted by molar-refractivity contribution is 6.30. The van der Waals surface area contributed by atoms with E-state index in [1.165, 1.54) is 12.1 Å². The molecule has 1 aliphatic heterocycles. The first-order valence-electron chi connectivity index (χ1n) is 15.0. The number of amides is 1. The minimum Gasteiger partial charge on any atom is -0.478 e. The van der Waals surface area contributed by atoms with E-state index in [0.29, 0.717) is 66.8 Å². The summed E-state index contributed by atoms with van der Waals surface area (Å²) in [4.78, 5) is 39.2. The lowest BCUT2D eigenvalue weighted by Crippen LogP contribution is -2.61. The van der Waals surface area contributed by atoms with Gasteiger partial charge in [0, 0.05) is 43.4 Å². The van der Waals surface area contributed by atoms with Gasteiger partial charge in [-0.15, -0.1) is 0 Å². The molecule has 238 valence electrons. The molecule has 1 saturated heterocycles. The van der Waals surface area contributed by atoms with Crippen molar-refractivity contribution in [1.29, 1.82) is 0 Å². The van der Waals surface area contributed by atoms with Crippen LogP contribution in [0.4, 0.5) is 10.2 Å². The number of carboxylic acid groups (broad SMARTS) is 1. The molecule has 0 spiro atoms. The number of hydrogen-bond acceptors (Lipinski definition) is 6. The number of ether oxygens (including phenoxy) is 1. The molecule has 1 N–H and O–H groups in total. The maximum atomic E-state index is 14.5. The number of carbonyl (C=O) groups excluding carboxylic acids is 1. The zero-order valence-corrected chi connectivity index (χ0v) is 27.5. The van der Waals surface area contributed by atoms with Gasteiger partial charge < -0.3 is 24.2 Å². The molecule has 1 fully saturated rings. The van der Waals surface area contributed by atoms with Gasteiger partial charge in [0.05, 0.1) is 34.0 Å². The van der Waals surface area contributed by atoms with Crippen molar-refractivity contribution in [2.24, 2.45) is 0 Å². The van der Waals surface area contributed by atoms with E-state index in [1.807, 2.05) is 56.3 Å². The van der Waals surface area contributed by atoms with Crippen molar-refractivity contribution in [2.45, 2.75) is 59.5 Å². The number of fused-ring (bicyclic) bond motifs is 1. The molecule has 0 atom stereocenters. The second-order valence-electron chi connectivity index (χ2n) is 12.8. The van der Waals surface area contributed by atoms with E-state index in [9.17, 15) is 19.1 Å². The lowest BCUT2D eigenvalue weighted by atomic mass is 9.97. The van der Waals surface area contributed by atoms with Gasteiger partial charge in [-0.1, -0.05) is 17.7 Å². The number of piperazine rings is 1. The molecule has 4 aromatic rings. The average molecular weight is 636 g/mol. The van der Waals surface area contributed by atoms with E-state index in [-0.39, 0.29) is 16.5 Å². The van der Waals surface area contributed by atoms with Crippen LogP contribution in [0.1, 0.15) is 66.7 Å². The predicted molar refractivity (Wildman–Crippen MR) is 174 cm³/mol. The van der Waals surface area contributed by atoms with Crippen molar-refractivity contribution in [3.63, 3.8) is 0 Å². The minimum atomic E-state index is -0.996. The van der Waals surface area contributed by atoms with Gasteiger partial charge in [0.2, 0.25) is 0 Å². The Labute approximate surface area is 267 Å². The van der Waals surface area contributed by atoms with Crippen molar-refractivity contribution in [3.05, 3.63) is 75.9 Å². The van der Waals surface area contributed by atoms with Gasteiger partial charge in [0.1, 0.15) is 23.0 Å². The van der Waals surface area contributed by atoms with Gasteiger partial charge in [0.25, 0.3) is 5.91 Å². The number of carbonyl (C=O) groups is 2. The summed E-state index contributed by atoms with van der Waals surface area (Å²) in [7, 11) is 0. The summed E-state index contributed by atoms with van der Waals surface area (Å²) in [5.41, 5.74) is 2.56. The average Bonchev–Trinajstić information content (AvgIpc) is 3.36. The van der Waals surface area contributed by atoms with Crippen LogP contribution in [0.15, 0.2) is 42.6 Å². The molecule has 0 unspecified atom stereocenters. The monoisotopic (exact) mass is 635 g/mol. The van der Waals surface area contributed by atoms with Crippen LogP contribution < -0.4 is 4.90 Å². The van der Waals surface area contributed by atoms with Crippen LogP contribution >= 0.6 is 11.6 Å². The number of aromatic carboxylic acids is 1. The summed E-state index contributed by atoms with van der Waals surface area (Å²) in [6, 6.07) is 10.1. The third-order valence-corrected chi connectivity index (χ3v) is 8.79. The van der Waals surface area contributed by atoms with Crippen molar-refractivity contribution in [3.8, 4) is 11.1 Å². The highest BCUT2D eigenvalue weighted by atomic mass is 35.5. The van der Waals surface area contributed by atoms with Crippen LogP contribution in [-0.2, 0) is 10.3 Å². The van der Waals surface area contributed by atoms with Crippen molar-refractivity contribution >= 4 is 40.3 Å². The summed E-state index contributed by atoms with van der Waals surface area (Å²) in [5, 5.41) is 10.4. The number of halogens is 2. The fraction of sp³-hybridized carbons (Fsp3) is 0.412. The van der Waals surface area contributed by atoms with Gasteiger partial charge >= 0.3 is 5.97 Å². The molecule has 0 radical (unpaired) electrons. The second-order valence-corrected chi connectivity index (χ2v) is 13.2. The summed E-state index contributed by atoms with van der Waals surface area (Å²) in [5.74, 6) is -1.01. The summed E-state index contributed by atoms with van der Waals surface area (Å²) in [6.07, 6.45) is 1.93. The molecule has 1 aliphatic rings.